The summed E-state index contributed by atoms with van der Waals surface area (Å²) in [6, 6.07) is 0. The van der Waals surface area contributed by atoms with Crippen molar-refractivity contribution in [2.75, 3.05) is 21.3 Å². The fraction of sp³-hybridized carbons (Fsp3) is 0.667. The molecular weight excluding hydrogens is 256 g/mol. The highest BCUT2D eigenvalue weighted by molar-refractivity contribution is 6.05. The van der Waals surface area contributed by atoms with E-state index in [1.807, 2.05) is 0 Å². The molecule has 1 atom stereocenters. The van der Waals surface area contributed by atoms with Gasteiger partial charge >= 0.3 is 17.9 Å². The summed E-state index contributed by atoms with van der Waals surface area (Å²) in [5.74, 6) is -2.74. The van der Waals surface area contributed by atoms with Crippen LogP contribution in [0.3, 0.4) is 0 Å². The Morgan fingerprint density at radius 3 is 1.79 bits per heavy atom. The Bertz CT molecular complexity index is 374. The second-order valence-corrected chi connectivity index (χ2v) is 3.96. The van der Waals surface area contributed by atoms with E-state index in [0.717, 1.165) is 21.1 Å². The third-order valence-corrected chi connectivity index (χ3v) is 2.91. The van der Waals surface area contributed by atoms with Crippen LogP contribution in [0.5, 0.6) is 0 Å². The number of ketones is 1. The highest BCUT2D eigenvalue weighted by atomic mass is 16.5. The Morgan fingerprint density at radius 1 is 0.895 bits per heavy atom. The molecule has 0 aliphatic heterocycles. The molecule has 0 aromatic rings. The van der Waals surface area contributed by atoms with Crippen molar-refractivity contribution in [1.82, 2.24) is 0 Å². The third-order valence-electron chi connectivity index (χ3n) is 2.91. The van der Waals surface area contributed by atoms with Crippen LogP contribution in [0.25, 0.3) is 0 Å². The number of carbonyl (C=O) groups is 4. The number of Topliss-reactive ketones (excluding diaryl/α,β-unsaturated/α-hetero) is 1. The summed E-state index contributed by atoms with van der Waals surface area (Å²) in [6.07, 6.45) is -0.818. The Morgan fingerprint density at radius 2 is 1.42 bits per heavy atom. The van der Waals surface area contributed by atoms with E-state index in [1.54, 1.807) is 0 Å². The molecule has 7 heteroatoms. The van der Waals surface area contributed by atoms with Crippen LogP contribution in [0.1, 0.15) is 26.2 Å². The molecule has 1 unspecified atom stereocenters. The van der Waals surface area contributed by atoms with Crippen LogP contribution in [0.2, 0.25) is 0 Å². The molecule has 0 rings (SSSR count). The minimum atomic E-state index is -1.71. The van der Waals surface area contributed by atoms with Crippen LogP contribution in [0, 0.1) is 5.41 Å². The first-order valence-electron chi connectivity index (χ1n) is 5.57. The van der Waals surface area contributed by atoms with E-state index in [2.05, 4.69) is 14.2 Å². The van der Waals surface area contributed by atoms with Crippen molar-refractivity contribution in [3.05, 3.63) is 0 Å². The molecule has 108 valence electrons. The normalized spacial score (nSPS) is 13.1. The van der Waals surface area contributed by atoms with Crippen molar-refractivity contribution in [2.45, 2.75) is 26.2 Å². The lowest BCUT2D eigenvalue weighted by molar-refractivity contribution is -0.165. The van der Waals surface area contributed by atoms with E-state index >= 15 is 0 Å². The standard InChI is InChI=1S/C12H18O7/c1-8(13)12(11(16)19-4,7-10(15)18-3)6-5-9(14)17-2/h5-7H2,1-4H3. The largest absolute Gasteiger partial charge is 0.469 e. The third kappa shape index (κ3) is 4.35. The van der Waals surface area contributed by atoms with Crippen molar-refractivity contribution in [3.8, 4) is 0 Å². The fourth-order valence-electron chi connectivity index (χ4n) is 1.64. The first-order valence-corrected chi connectivity index (χ1v) is 5.57. The Kier molecular flexibility index (Phi) is 6.74. The van der Waals surface area contributed by atoms with Crippen molar-refractivity contribution in [2.24, 2.45) is 5.41 Å². The summed E-state index contributed by atoms with van der Waals surface area (Å²) in [5, 5.41) is 0. The highest BCUT2D eigenvalue weighted by Gasteiger charge is 2.46. The first-order chi connectivity index (χ1) is 8.83. The molecule has 0 heterocycles. The number of hydrogen-bond donors (Lipinski definition) is 0. The molecule has 0 aromatic heterocycles. The second kappa shape index (κ2) is 7.50. The predicted octanol–water partition coefficient (Wildman–Crippen LogP) is 0.251. The van der Waals surface area contributed by atoms with Crippen molar-refractivity contribution >= 4 is 23.7 Å². The van der Waals surface area contributed by atoms with E-state index in [1.165, 1.54) is 7.11 Å². The van der Waals surface area contributed by atoms with Gasteiger partial charge in [0.1, 0.15) is 11.2 Å². The molecule has 0 radical (unpaired) electrons. The topological polar surface area (TPSA) is 96.0 Å². The summed E-state index contributed by atoms with van der Waals surface area (Å²) in [5.41, 5.74) is -1.71. The van der Waals surface area contributed by atoms with Crippen LogP contribution in [0.4, 0.5) is 0 Å². The van der Waals surface area contributed by atoms with Gasteiger partial charge in [0, 0.05) is 6.42 Å². The van der Waals surface area contributed by atoms with E-state index in [9.17, 15) is 19.2 Å². The maximum Gasteiger partial charge on any atom is 0.319 e. The molecule has 19 heavy (non-hydrogen) atoms. The number of methoxy groups -OCH3 is 3. The summed E-state index contributed by atoms with van der Waals surface area (Å²) in [4.78, 5) is 46.1. The molecule has 0 spiro atoms. The van der Waals surface area contributed by atoms with Crippen LogP contribution in [-0.2, 0) is 33.4 Å². The zero-order valence-electron chi connectivity index (χ0n) is 11.5. The molecule has 0 bridgehead atoms. The zero-order chi connectivity index (χ0) is 15.1. The van der Waals surface area contributed by atoms with E-state index in [0.29, 0.717) is 0 Å². The maximum absolute atomic E-state index is 11.8. The quantitative estimate of drug-likeness (QED) is 0.373. The monoisotopic (exact) mass is 274 g/mol. The lowest BCUT2D eigenvalue weighted by Crippen LogP contribution is -2.41. The maximum atomic E-state index is 11.8. The van der Waals surface area contributed by atoms with Gasteiger partial charge in [-0.25, -0.2) is 0 Å². The molecular formula is C12H18O7. The van der Waals surface area contributed by atoms with E-state index < -0.39 is 35.5 Å². The van der Waals surface area contributed by atoms with E-state index in [4.69, 9.17) is 0 Å². The van der Waals surface area contributed by atoms with Gasteiger partial charge in [0.2, 0.25) is 0 Å². The van der Waals surface area contributed by atoms with Gasteiger partial charge in [0.05, 0.1) is 27.8 Å². The first kappa shape index (κ1) is 17.1. The van der Waals surface area contributed by atoms with Crippen molar-refractivity contribution in [1.29, 1.82) is 0 Å². The number of esters is 3. The number of carbonyl (C=O) groups excluding carboxylic acids is 4. The molecule has 0 aliphatic carbocycles. The molecule has 0 N–H and O–H groups in total. The Hall–Kier alpha value is -1.92. The van der Waals surface area contributed by atoms with Gasteiger partial charge in [-0.05, 0) is 13.3 Å². The van der Waals surface area contributed by atoms with Gasteiger partial charge < -0.3 is 14.2 Å². The fourth-order valence-corrected chi connectivity index (χ4v) is 1.64. The van der Waals surface area contributed by atoms with Gasteiger partial charge in [-0.3, -0.25) is 19.2 Å². The number of ether oxygens (including phenoxy) is 3. The summed E-state index contributed by atoms with van der Waals surface area (Å²) >= 11 is 0. The molecule has 7 nitrogen and oxygen atoms in total. The summed E-state index contributed by atoms with van der Waals surface area (Å²) in [6.45, 7) is 1.16. The van der Waals surface area contributed by atoms with Gasteiger partial charge in [-0.15, -0.1) is 0 Å². The van der Waals surface area contributed by atoms with Gasteiger partial charge in [-0.2, -0.15) is 0 Å². The summed E-state index contributed by atoms with van der Waals surface area (Å²) < 4.78 is 13.5. The molecule has 0 aliphatic rings. The molecule has 0 aromatic carbocycles. The SMILES string of the molecule is COC(=O)CCC(CC(=O)OC)(C(C)=O)C(=O)OC. The Labute approximate surface area is 111 Å². The average molecular weight is 274 g/mol. The summed E-state index contributed by atoms with van der Waals surface area (Å²) in [7, 11) is 3.44. The van der Waals surface area contributed by atoms with E-state index in [-0.39, 0.29) is 12.8 Å². The van der Waals surface area contributed by atoms with Gasteiger partial charge in [0.15, 0.2) is 0 Å². The number of hydrogen-bond acceptors (Lipinski definition) is 7. The van der Waals surface area contributed by atoms with Gasteiger partial charge in [0.25, 0.3) is 0 Å². The van der Waals surface area contributed by atoms with Crippen LogP contribution in [0.15, 0.2) is 0 Å². The smallest absolute Gasteiger partial charge is 0.319 e. The second-order valence-electron chi connectivity index (χ2n) is 3.96. The minimum absolute atomic E-state index is 0.170. The highest BCUT2D eigenvalue weighted by Crippen LogP contribution is 2.32. The van der Waals surface area contributed by atoms with Crippen molar-refractivity contribution in [3.63, 3.8) is 0 Å². The zero-order valence-corrected chi connectivity index (χ0v) is 11.5. The van der Waals surface area contributed by atoms with Crippen LogP contribution in [-0.4, -0.2) is 45.0 Å². The molecule has 0 fully saturated rings. The van der Waals surface area contributed by atoms with Crippen molar-refractivity contribution < 1.29 is 33.4 Å². The average Bonchev–Trinajstić information content (AvgIpc) is 2.41. The molecule has 0 saturated heterocycles. The van der Waals surface area contributed by atoms with Crippen LogP contribution < -0.4 is 0 Å². The lowest BCUT2D eigenvalue weighted by atomic mass is 9.76. The Balaban J connectivity index is 5.26. The number of rotatable bonds is 7. The predicted molar refractivity (Wildman–Crippen MR) is 63.0 cm³/mol. The molecule has 0 saturated carbocycles. The van der Waals surface area contributed by atoms with Gasteiger partial charge in [-0.1, -0.05) is 0 Å². The lowest BCUT2D eigenvalue weighted by Gasteiger charge is -2.26. The van der Waals surface area contributed by atoms with Crippen LogP contribution >= 0.6 is 0 Å². The minimum Gasteiger partial charge on any atom is -0.469 e. The molecule has 0 amide bonds.